The summed E-state index contributed by atoms with van der Waals surface area (Å²) in [5.41, 5.74) is 1.63. The number of rotatable bonds is 6. The second-order valence-corrected chi connectivity index (χ2v) is 7.40. The predicted molar refractivity (Wildman–Crippen MR) is 107 cm³/mol. The highest BCUT2D eigenvalue weighted by atomic mass is 35.5. The Balaban J connectivity index is 1.73. The molecule has 2 aromatic carbocycles. The molecule has 1 amide bonds. The first-order chi connectivity index (χ1) is 13.0. The van der Waals surface area contributed by atoms with E-state index in [-0.39, 0.29) is 11.9 Å². The van der Waals surface area contributed by atoms with E-state index in [9.17, 15) is 4.79 Å². The lowest BCUT2D eigenvalue weighted by molar-refractivity contribution is -0.910. The van der Waals surface area contributed by atoms with Crippen molar-refractivity contribution in [1.82, 2.24) is 0 Å². The number of halogens is 2. The van der Waals surface area contributed by atoms with Gasteiger partial charge in [0.05, 0.1) is 37.0 Å². The fraction of sp³-hybridized carbons (Fsp3) is 0.350. The molecule has 0 radical (unpaired) electrons. The van der Waals surface area contributed by atoms with Crippen LogP contribution in [0, 0.1) is 0 Å². The van der Waals surface area contributed by atoms with Gasteiger partial charge in [0, 0.05) is 23.9 Å². The molecule has 1 aliphatic heterocycles. The van der Waals surface area contributed by atoms with Crippen LogP contribution in [0.5, 0.6) is 11.5 Å². The zero-order valence-corrected chi connectivity index (χ0v) is 16.9. The van der Waals surface area contributed by atoms with E-state index in [1.165, 1.54) is 4.90 Å². The molecule has 3 rings (SSSR count). The van der Waals surface area contributed by atoms with E-state index in [0.29, 0.717) is 22.3 Å². The van der Waals surface area contributed by atoms with Crippen LogP contribution in [-0.4, -0.2) is 33.2 Å². The molecule has 7 heteroatoms. The molecular weight excluding hydrogens is 387 g/mol. The maximum Gasteiger partial charge on any atom is 0.279 e. The molecule has 2 aromatic rings. The van der Waals surface area contributed by atoms with Crippen LogP contribution in [0.25, 0.3) is 0 Å². The third kappa shape index (κ3) is 4.67. The minimum absolute atomic E-state index is 0.0893. The first-order valence-electron chi connectivity index (χ1n) is 8.83. The van der Waals surface area contributed by atoms with Gasteiger partial charge in [-0.3, -0.25) is 4.79 Å². The van der Waals surface area contributed by atoms with Crippen molar-refractivity contribution in [1.29, 1.82) is 0 Å². The Labute approximate surface area is 169 Å². The smallest absolute Gasteiger partial charge is 0.279 e. The van der Waals surface area contributed by atoms with Gasteiger partial charge < -0.3 is 19.7 Å². The van der Waals surface area contributed by atoms with Crippen molar-refractivity contribution >= 4 is 34.8 Å². The number of carbonyl (C=O) groups excluding carboxylic acids is 1. The fourth-order valence-electron chi connectivity index (χ4n) is 3.60. The van der Waals surface area contributed by atoms with Gasteiger partial charge in [-0.15, -0.1) is 0 Å². The molecule has 0 aliphatic carbocycles. The van der Waals surface area contributed by atoms with Crippen molar-refractivity contribution in [3.05, 3.63) is 52.0 Å². The van der Waals surface area contributed by atoms with Crippen molar-refractivity contribution in [3.8, 4) is 11.5 Å². The van der Waals surface area contributed by atoms with Crippen molar-refractivity contribution in [2.24, 2.45) is 0 Å². The minimum atomic E-state index is -0.0893. The highest BCUT2D eigenvalue weighted by molar-refractivity contribution is 6.35. The first-order valence-corrected chi connectivity index (χ1v) is 9.59. The molecule has 1 heterocycles. The van der Waals surface area contributed by atoms with E-state index >= 15 is 0 Å². The van der Waals surface area contributed by atoms with Gasteiger partial charge in [0.15, 0.2) is 6.54 Å². The largest absolute Gasteiger partial charge is 0.497 e. The number of nitrogens with one attached hydrogen (secondary N) is 2. The van der Waals surface area contributed by atoms with E-state index in [1.54, 1.807) is 32.4 Å². The number of hydrogen-bond donors (Lipinski definition) is 2. The normalized spacial score (nSPS) is 19.0. The molecule has 1 fully saturated rings. The number of anilines is 1. The number of ether oxygens (including phenoxy) is 2. The molecule has 0 spiro atoms. The van der Waals surface area contributed by atoms with Gasteiger partial charge in [-0.2, -0.15) is 0 Å². The molecule has 144 valence electrons. The summed E-state index contributed by atoms with van der Waals surface area (Å²) >= 11 is 12.1. The zero-order chi connectivity index (χ0) is 19.4. The van der Waals surface area contributed by atoms with Gasteiger partial charge in [-0.05, 0) is 30.3 Å². The summed E-state index contributed by atoms with van der Waals surface area (Å²) in [6.07, 6.45) is 2.06. The molecule has 2 N–H and O–H groups in total. The molecular formula is C20H23Cl2N2O3+. The van der Waals surface area contributed by atoms with Crippen LogP contribution < -0.4 is 19.7 Å². The molecule has 27 heavy (non-hydrogen) atoms. The number of methoxy groups -OCH3 is 2. The standard InChI is InChI=1S/C20H22Cl2N2O3/c1-26-14-6-7-15(19(11-14)27-2)18-4-3-9-24(18)12-20(25)23-17-10-13(21)5-8-16(17)22/h5-8,10-11,18H,3-4,9,12H2,1-2H3,(H,23,25)/p+1/t18-/m0/s1. The van der Waals surface area contributed by atoms with E-state index in [2.05, 4.69) is 5.32 Å². The number of amides is 1. The number of likely N-dealkylation sites (tertiary alicyclic amines) is 1. The Hall–Kier alpha value is -1.95. The van der Waals surface area contributed by atoms with Crippen LogP contribution in [0.15, 0.2) is 36.4 Å². The average molecular weight is 410 g/mol. The van der Waals surface area contributed by atoms with E-state index in [1.807, 2.05) is 18.2 Å². The highest BCUT2D eigenvalue weighted by Gasteiger charge is 2.33. The van der Waals surface area contributed by atoms with Crippen molar-refractivity contribution in [3.63, 3.8) is 0 Å². The van der Waals surface area contributed by atoms with Crippen LogP contribution in [-0.2, 0) is 4.79 Å². The zero-order valence-electron chi connectivity index (χ0n) is 15.4. The van der Waals surface area contributed by atoms with Gasteiger partial charge >= 0.3 is 0 Å². The lowest BCUT2D eigenvalue weighted by atomic mass is 10.0. The lowest BCUT2D eigenvalue weighted by Crippen LogP contribution is -3.11. The van der Waals surface area contributed by atoms with Gasteiger partial charge in [-0.1, -0.05) is 23.2 Å². The summed E-state index contributed by atoms with van der Waals surface area (Å²) in [5, 5.41) is 3.87. The Morgan fingerprint density at radius 2 is 2.00 bits per heavy atom. The lowest BCUT2D eigenvalue weighted by Gasteiger charge is -2.23. The Kier molecular flexibility index (Phi) is 6.47. The Morgan fingerprint density at radius 3 is 2.74 bits per heavy atom. The second kappa shape index (κ2) is 8.83. The third-order valence-electron chi connectivity index (χ3n) is 4.89. The summed E-state index contributed by atoms with van der Waals surface area (Å²) in [6, 6.07) is 11.1. The number of quaternary nitrogens is 1. The number of carbonyl (C=O) groups is 1. The van der Waals surface area contributed by atoms with Crippen molar-refractivity contribution in [2.75, 3.05) is 32.6 Å². The van der Waals surface area contributed by atoms with Crippen LogP contribution in [0.1, 0.15) is 24.4 Å². The van der Waals surface area contributed by atoms with Crippen LogP contribution in [0.3, 0.4) is 0 Å². The summed E-state index contributed by atoms with van der Waals surface area (Å²) in [5.74, 6) is 1.45. The summed E-state index contributed by atoms with van der Waals surface area (Å²) in [7, 11) is 3.29. The second-order valence-electron chi connectivity index (χ2n) is 6.56. The Bertz CT molecular complexity index is 829. The van der Waals surface area contributed by atoms with Crippen LogP contribution in [0.2, 0.25) is 10.0 Å². The molecule has 1 saturated heterocycles. The van der Waals surface area contributed by atoms with Gasteiger partial charge in [0.1, 0.15) is 17.5 Å². The number of hydrogen-bond acceptors (Lipinski definition) is 3. The van der Waals surface area contributed by atoms with Crippen LogP contribution in [0.4, 0.5) is 5.69 Å². The minimum Gasteiger partial charge on any atom is -0.497 e. The third-order valence-corrected chi connectivity index (χ3v) is 5.45. The van der Waals surface area contributed by atoms with Gasteiger partial charge in [-0.25, -0.2) is 0 Å². The molecule has 5 nitrogen and oxygen atoms in total. The van der Waals surface area contributed by atoms with Crippen molar-refractivity contribution in [2.45, 2.75) is 18.9 Å². The molecule has 1 unspecified atom stereocenters. The molecule has 0 saturated carbocycles. The molecule has 0 aromatic heterocycles. The van der Waals surface area contributed by atoms with Gasteiger partial charge in [0.25, 0.3) is 5.91 Å². The topological polar surface area (TPSA) is 52.0 Å². The maximum absolute atomic E-state index is 12.6. The fourth-order valence-corrected chi connectivity index (χ4v) is 3.94. The summed E-state index contributed by atoms with van der Waals surface area (Å²) < 4.78 is 10.8. The highest BCUT2D eigenvalue weighted by Crippen LogP contribution is 2.31. The first kappa shape index (κ1) is 19.8. The summed E-state index contributed by atoms with van der Waals surface area (Å²) in [6.45, 7) is 1.28. The van der Waals surface area contributed by atoms with Crippen molar-refractivity contribution < 1.29 is 19.2 Å². The van der Waals surface area contributed by atoms with E-state index in [0.717, 1.165) is 36.4 Å². The van der Waals surface area contributed by atoms with Crippen LogP contribution >= 0.6 is 23.2 Å². The van der Waals surface area contributed by atoms with E-state index < -0.39 is 0 Å². The Morgan fingerprint density at radius 1 is 1.19 bits per heavy atom. The molecule has 1 aliphatic rings. The van der Waals surface area contributed by atoms with Gasteiger partial charge in [0.2, 0.25) is 0 Å². The quantitative estimate of drug-likeness (QED) is 0.768. The SMILES string of the molecule is COc1ccc([C@@H]2CCC[NH+]2CC(=O)Nc2cc(Cl)ccc2Cl)c(OC)c1. The molecule has 2 atom stereocenters. The van der Waals surface area contributed by atoms with E-state index in [4.69, 9.17) is 32.7 Å². The summed E-state index contributed by atoms with van der Waals surface area (Å²) in [4.78, 5) is 13.8. The maximum atomic E-state index is 12.6. The molecule has 0 bridgehead atoms. The predicted octanol–water partition coefficient (Wildman–Crippen LogP) is 3.37. The number of benzene rings is 2. The average Bonchev–Trinajstić information content (AvgIpc) is 3.11. The monoisotopic (exact) mass is 409 g/mol.